The minimum atomic E-state index is -0.427. The van der Waals surface area contributed by atoms with Crippen molar-refractivity contribution < 1.29 is 14.2 Å². The van der Waals surface area contributed by atoms with E-state index in [0.29, 0.717) is 20.8 Å². The van der Waals surface area contributed by atoms with Gasteiger partial charge in [0.1, 0.15) is 11.6 Å². The Hall–Kier alpha value is -1.17. The normalized spacial score (nSPS) is 10.4. The van der Waals surface area contributed by atoms with Crippen LogP contribution in [0.1, 0.15) is 5.56 Å². The van der Waals surface area contributed by atoms with Crippen LogP contribution in [0.5, 0.6) is 11.6 Å². The average molecular weight is 333 g/mol. The second-order valence-electron chi connectivity index (χ2n) is 3.45. The van der Waals surface area contributed by atoms with Gasteiger partial charge in [0, 0.05) is 23.9 Å². The fourth-order valence-corrected chi connectivity index (χ4v) is 1.71. The second-order valence-corrected chi connectivity index (χ2v) is 4.71. The Morgan fingerprint density at radius 1 is 1.39 bits per heavy atom. The largest absolute Gasteiger partial charge is 0.439 e. The molecule has 94 valence electrons. The monoisotopic (exact) mass is 331 g/mol. The van der Waals surface area contributed by atoms with Crippen molar-refractivity contribution >= 4 is 27.5 Å². The lowest BCUT2D eigenvalue weighted by atomic mass is 10.3. The molecule has 0 fully saturated rings. The number of hydrogen-bond donors (Lipinski definition) is 1. The molecule has 0 radical (unpaired) electrons. The highest BCUT2D eigenvalue weighted by atomic mass is 79.9. The minimum Gasteiger partial charge on any atom is -0.439 e. The molecule has 3 nitrogen and oxygen atoms in total. The minimum absolute atomic E-state index is 0.216. The van der Waals surface area contributed by atoms with Crippen LogP contribution in [0.4, 0.5) is 4.39 Å². The van der Waals surface area contributed by atoms with E-state index in [9.17, 15) is 4.39 Å². The van der Waals surface area contributed by atoms with Crippen molar-refractivity contribution in [1.29, 1.82) is 0 Å². The summed E-state index contributed by atoms with van der Waals surface area (Å²) in [6.07, 6.45) is 1.37. The number of pyridine rings is 1. The molecule has 0 aliphatic carbocycles. The quantitative estimate of drug-likeness (QED) is 0.926. The summed E-state index contributed by atoms with van der Waals surface area (Å²) in [5.41, 5.74) is 0.499. The lowest BCUT2D eigenvalue weighted by molar-refractivity contribution is 0.281. The Bertz CT molecular complexity index is 580. The smallest absolute Gasteiger partial charge is 0.219 e. The van der Waals surface area contributed by atoms with Gasteiger partial charge >= 0.3 is 0 Å². The maximum absolute atomic E-state index is 13.3. The fraction of sp³-hybridized carbons (Fsp3) is 0.0833. The van der Waals surface area contributed by atoms with Crippen molar-refractivity contribution in [2.75, 3.05) is 0 Å². The van der Waals surface area contributed by atoms with Crippen LogP contribution in [0.15, 0.2) is 34.9 Å². The Kier molecular flexibility index (Phi) is 4.16. The number of nitrogens with zero attached hydrogens (tertiary/aromatic N) is 1. The van der Waals surface area contributed by atoms with Gasteiger partial charge < -0.3 is 9.84 Å². The van der Waals surface area contributed by atoms with E-state index < -0.39 is 5.82 Å². The van der Waals surface area contributed by atoms with Gasteiger partial charge in [-0.05, 0) is 28.1 Å². The molecular weight excluding hydrogens is 324 g/mol. The van der Waals surface area contributed by atoms with Crippen molar-refractivity contribution in [3.05, 3.63) is 51.3 Å². The molecule has 6 heteroatoms. The Morgan fingerprint density at radius 3 is 2.83 bits per heavy atom. The van der Waals surface area contributed by atoms with Gasteiger partial charge in [-0.25, -0.2) is 9.37 Å². The zero-order chi connectivity index (χ0) is 13.1. The van der Waals surface area contributed by atoms with Crippen molar-refractivity contribution in [3.8, 4) is 11.6 Å². The number of aromatic nitrogens is 1. The van der Waals surface area contributed by atoms with Crippen LogP contribution in [0.2, 0.25) is 5.02 Å². The molecule has 0 bridgehead atoms. The van der Waals surface area contributed by atoms with Crippen LogP contribution >= 0.6 is 27.5 Å². The van der Waals surface area contributed by atoms with E-state index in [-0.39, 0.29) is 12.5 Å². The first-order valence-corrected chi connectivity index (χ1v) is 6.15. The molecular formula is C12H8BrClFNO2. The van der Waals surface area contributed by atoms with Gasteiger partial charge in [0.15, 0.2) is 0 Å². The van der Waals surface area contributed by atoms with Crippen LogP contribution < -0.4 is 4.74 Å². The third kappa shape index (κ3) is 2.98. The fourth-order valence-electron chi connectivity index (χ4n) is 1.30. The lowest BCUT2D eigenvalue weighted by Gasteiger charge is -2.07. The molecule has 1 aromatic heterocycles. The Balaban J connectivity index is 2.25. The molecule has 0 spiro atoms. The highest BCUT2D eigenvalue weighted by molar-refractivity contribution is 9.10. The zero-order valence-corrected chi connectivity index (χ0v) is 11.4. The van der Waals surface area contributed by atoms with Gasteiger partial charge in [0.25, 0.3) is 0 Å². The van der Waals surface area contributed by atoms with Gasteiger partial charge in [0.05, 0.1) is 16.1 Å². The van der Waals surface area contributed by atoms with Crippen LogP contribution in [0.3, 0.4) is 0 Å². The van der Waals surface area contributed by atoms with Gasteiger partial charge in [-0.15, -0.1) is 0 Å². The van der Waals surface area contributed by atoms with Crippen molar-refractivity contribution in [2.24, 2.45) is 0 Å². The first kappa shape index (κ1) is 13.3. The van der Waals surface area contributed by atoms with E-state index in [2.05, 4.69) is 20.9 Å². The van der Waals surface area contributed by atoms with E-state index in [4.69, 9.17) is 21.4 Å². The molecule has 2 rings (SSSR count). The van der Waals surface area contributed by atoms with Gasteiger partial charge in [-0.1, -0.05) is 11.6 Å². The number of benzene rings is 1. The third-order valence-corrected chi connectivity index (χ3v) is 3.18. The molecule has 0 aliphatic rings. The first-order valence-electron chi connectivity index (χ1n) is 4.98. The van der Waals surface area contributed by atoms with Gasteiger partial charge in [0.2, 0.25) is 5.88 Å². The second kappa shape index (κ2) is 5.65. The van der Waals surface area contributed by atoms with Crippen molar-refractivity contribution in [2.45, 2.75) is 6.61 Å². The van der Waals surface area contributed by atoms with Gasteiger partial charge in [-0.3, -0.25) is 0 Å². The number of aliphatic hydroxyl groups excluding tert-OH is 1. The van der Waals surface area contributed by atoms with Crippen LogP contribution in [-0.4, -0.2) is 10.1 Å². The van der Waals surface area contributed by atoms with E-state index in [0.717, 1.165) is 0 Å². The molecule has 18 heavy (non-hydrogen) atoms. The SMILES string of the molecule is OCc1cc(Oc2ccc(Br)c(F)c2)ncc1Cl. The summed E-state index contributed by atoms with van der Waals surface area (Å²) in [5, 5.41) is 9.41. The van der Waals surface area contributed by atoms with Crippen LogP contribution in [0.25, 0.3) is 0 Å². The lowest BCUT2D eigenvalue weighted by Crippen LogP contribution is -1.92. The number of rotatable bonds is 3. The molecule has 1 aromatic carbocycles. The predicted octanol–water partition coefficient (Wildman–Crippen LogP) is 3.92. The number of halogens is 3. The van der Waals surface area contributed by atoms with Crippen molar-refractivity contribution in [1.82, 2.24) is 4.98 Å². The molecule has 0 saturated carbocycles. The van der Waals surface area contributed by atoms with Gasteiger partial charge in [-0.2, -0.15) is 0 Å². The number of hydrogen-bond acceptors (Lipinski definition) is 3. The molecule has 0 unspecified atom stereocenters. The summed E-state index contributed by atoms with van der Waals surface area (Å²) in [5.74, 6) is 0.128. The molecule has 1 heterocycles. The summed E-state index contributed by atoms with van der Waals surface area (Å²) in [4.78, 5) is 3.93. The summed E-state index contributed by atoms with van der Waals surface area (Å²) in [6.45, 7) is -0.216. The van der Waals surface area contributed by atoms with E-state index >= 15 is 0 Å². The third-order valence-electron chi connectivity index (χ3n) is 2.19. The molecule has 2 aromatic rings. The topological polar surface area (TPSA) is 42.4 Å². The maximum atomic E-state index is 13.3. The standard InChI is InChI=1S/C12H8BrClFNO2/c13-9-2-1-8(4-11(9)15)18-12-3-7(6-17)10(14)5-16-12/h1-5,17H,6H2. The van der Waals surface area contributed by atoms with E-state index in [1.807, 2.05) is 0 Å². The molecule has 1 N–H and O–H groups in total. The average Bonchev–Trinajstić information content (AvgIpc) is 2.36. The predicted molar refractivity (Wildman–Crippen MR) is 69.3 cm³/mol. The highest BCUT2D eigenvalue weighted by Crippen LogP contribution is 2.26. The Labute approximate surface area is 116 Å². The molecule has 0 amide bonds. The van der Waals surface area contributed by atoms with Crippen LogP contribution in [-0.2, 0) is 6.61 Å². The van der Waals surface area contributed by atoms with Crippen LogP contribution in [0, 0.1) is 5.82 Å². The number of aliphatic hydroxyl groups is 1. The molecule has 0 atom stereocenters. The first-order chi connectivity index (χ1) is 8.60. The van der Waals surface area contributed by atoms with Crippen molar-refractivity contribution in [3.63, 3.8) is 0 Å². The summed E-state index contributed by atoms with van der Waals surface area (Å²) >= 11 is 8.85. The maximum Gasteiger partial charge on any atom is 0.219 e. The number of ether oxygens (including phenoxy) is 1. The summed E-state index contributed by atoms with van der Waals surface area (Å²) < 4.78 is 19.0. The highest BCUT2D eigenvalue weighted by Gasteiger charge is 2.06. The summed E-state index contributed by atoms with van der Waals surface area (Å²) in [7, 11) is 0. The Morgan fingerprint density at radius 2 is 2.17 bits per heavy atom. The zero-order valence-electron chi connectivity index (χ0n) is 9.03. The molecule has 0 aliphatic heterocycles. The summed E-state index contributed by atoms with van der Waals surface area (Å²) in [6, 6.07) is 5.87. The molecule has 0 saturated heterocycles. The van der Waals surface area contributed by atoms with E-state index in [1.165, 1.54) is 24.4 Å². The van der Waals surface area contributed by atoms with E-state index in [1.54, 1.807) is 6.07 Å².